The number of hydrogen-bond acceptors (Lipinski definition) is 5. The number of aryl methyl sites for hydroxylation is 4. The highest BCUT2D eigenvalue weighted by molar-refractivity contribution is 5.80. The van der Waals surface area contributed by atoms with Gasteiger partial charge in [0.1, 0.15) is 23.3 Å². The third kappa shape index (κ3) is 4.18. The number of rotatable bonds is 5. The first-order valence-electron chi connectivity index (χ1n) is 10.5. The average molecular weight is 386 g/mol. The van der Waals surface area contributed by atoms with E-state index in [2.05, 4.69) is 40.5 Å². The highest BCUT2D eigenvalue weighted by atomic mass is 15.4. The van der Waals surface area contributed by atoms with E-state index >= 15 is 0 Å². The highest BCUT2D eigenvalue weighted by Gasteiger charge is 2.24. The molecule has 0 aliphatic carbocycles. The van der Waals surface area contributed by atoms with Crippen molar-refractivity contribution in [2.45, 2.75) is 77.4 Å². The molecule has 2 aromatic heterocycles. The Labute approximate surface area is 166 Å². The topological polar surface area (TPSA) is 97.8 Å². The SMILES string of the molecule is CN=C(NCCCc1nnc2n1CCCCC2)NC1CCCn2nc(C)nc21. The van der Waals surface area contributed by atoms with Crippen molar-refractivity contribution in [3.63, 3.8) is 0 Å². The second-order valence-electron chi connectivity index (χ2n) is 7.68. The van der Waals surface area contributed by atoms with Crippen molar-refractivity contribution in [2.75, 3.05) is 13.6 Å². The molecule has 0 radical (unpaired) electrons. The molecule has 1 unspecified atom stereocenters. The molecule has 0 saturated heterocycles. The van der Waals surface area contributed by atoms with E-state index in [1.165, 1.54) is 19.3 Å². The first-order chi connectivity index (χ1) is 13.7. The molecule has 2 aliphatic rings. The lowest BCUT2D eigenvalue weighted by Gasteiger charge is -2.25. The maximum absolute atomic E-state index is 4.59. The summed E-state index contributed by atoms with van der Waals surface area (Å²) < 4.78 is 4.35. The second-order valence-corrected chi connectivity index (χ2v) is 7.68. The number of guanidine groups is 1. The van der Waals surface area contributed by atoms with Crippen molar-refractivity contribution in [2.24, 2.45) is 4.99 Å². The van der Waals surface area contributed by atoms with Gasteiger partial charge in [0.25, 0.3) is 0 Å². The van der Waals surface area contributed by atoms with Crippen LogP contribution in [0.3, 0.4) is 0 Å². The molecule has 0 fully saturated rings. The van der Waals surface area contributed by atoms with Crippen LogP contribution in [0.2, 0.25) is 0 Å². The zero-order valence-electron chi connectivity index (χ0n) is 17.0. The fourth-order valence-corrected chi connectivity index (χ4v) is 4.15. The van der Waals surface area contributed by atoms with E-state index in [-0.39, 0.29) is 6.04 Å². The third-order valence-corrected chi connectivity index (χ3v) is 5.57. The second kappa shape index (κ2) is 8.70. The minimum absolute atomic E-state index is 0.161. The van der Waals surface area contributed by atoms with Gasteiger partial charge in [0.05, 0.1) is 6.04 Å². The van der Waals surface area contributed by atoms with Crippen LogP contribution in [0.25, 0.3) is 0 Å². The Kier molecular flexibility index (Phi) is 5.87. The summed E-state index contributed by atoms with van der Waals surface area (Å²) in [5.74, 6) is 4.95. The fraction of sp³-hybridized carbons (Fsp3) is 0.737. The summed E-state index contributed by atoms with van der Waals surface area (Å²) in [5, 5.41) is 20.2. The Morgan fingerprint density at radius 3 is 3.00 bits per heavy atom. The van der Waals surface area contributed by atoms with Crippen molar-refractivity contribution in [1.29, 1.82) is 0 Å². The fourth-order valence-electron chi connectivity index (χ4n) is 4.15. The Bertz CT molecular complexity index is 819. The van der Waals surface area contributed by atoms with Crippen LogP contribution >= 0.6 is 0 Å². The van der Waals surface area contributed by atoms with Crippen molar-refractivity contribution < 1.29 is 0 Å². The zero-order chi connectivity index (χ0) is 19.3. The molecular formula is C19H31N9. The predicted octanol–water partition coefficient (Wildman–Crippen LogP) is 1.54. The predicted molar refractivity (Wildman–Crippen MR) is 107 cm³/mol. The number of hydrogen-bond donors (Lipinski definition) is 2. The third-order valence-electron chi connectivity index (χ3n) is 5.57. The van der Waals surface area contributed by atoms with Gasteiger partial charge in [0.2, 0.25) is 0 Å². The number of aromatic nitrogens is 6. The van der Waals surface area contributed by atoms with Crippen molar-refractivity contribution >= 4 is 5.96 Å². The van der Waals surface area contributed by atoms with E-state index in [9.17, 15) is 0 Å². The van der Waals surface area contributed by atoms with Gasteiger partial charge in [-0.15, -0.1) is 10.2 Å². The lowest BCUT2D eigenvalue weighted by molar-refractivity contribution is 0.397. The quantitative estimate of drug-likeness (QED) is 0.460. The van der Waals surface area contributed by atoms with Crippen LogP contribution in [-0.2, 0) is 25.9 Å². The van der Waals surface area contributed by atoms with Crippen molar-refractivity contribution in [3.8, 4) is 0 Å². The lowest BCUT2D eigenvalue weighted by atomic mass is 10.1. The van der Waals surface area contributed by atoms with Crippen LogP contribution in [0.5, 0.6) is 0 Å². The minimum atomic E-state index is 0.161. The maximum atomic E-state index is 4.59. The van der Waals surface area contributed by atoms with E-state index < -0.39 is 0 Å². The van der Waals surface area contributed by atoms with E-state index in [1.807, 2.05) is 18.7 Å². The Balaban J connectivity index is 1.27. The molecule has 2 aliphatic heterocycles. The van der Waals surface area contributed by atoms with Crippen LogP contribution in [0, 0.1) is 6.92 Å². The van der Waals surface area contributed by atoms with Gasteiger partial charge in [-0.2, -0.15) is 5.10 Å². The van der Waals surface area contributed by atoms with Crippen molar-refractivity contribution in [3.05, 3.63) is 23.3 Å². The summed E-state index contributed by atoms with van der Waals surface area (Å²) in [6.07, 6.45) is 8.91. The molecule has 9 nitrogen and oxygen atoms in total. The molecule has 4 rings (SSSR count). The van der Waals surface area contributed by atoms with Gasteiger partial charge in [0, 0.05) is 39.5 Å². The summed E-state index contributed by atoms with van der Waals surface area (Å²) in [7, 11) is 1.81. The molecule has 0 saturated carbocycles. The first-order valence-corrected chi connectivity index (χ1v) is 10.5. The first kappa shape index (κ1) is 18.9. The van der Waals surface area contributed by atoms with Gasteiger partial charge in [-0.3, -0.25) is 4.99 Å². The van der Waals surface area contributed by atoms with Gasteiger partial charge in [-0.1, -0.05) is 6.42 Å². The number of fused-ring (bicyclic) bond motifs is 2. The maximum Gasteiger partial charge on any atom is 0.191 e. The van der Waals surface area contributed by atoms with E-state index in [1.54, 1.807) is 0 Å². The molecule has 2 aromatic rings. The van der Waals surface area contributed by atoms with Crippen LogP contribution in [0.4, 0.5) is 0 Å². The molecule has 0 amide bonds. The lowest BCUT2D eigenvalue weighted by Crippen LogP contribution is -2.42. The summed E-state index contributed by atoms with van der Waals surface area (Å²) in [4.78, 5) is 8.97. The molecule has 28 heavy (non-hydrogen) atoms. The number of nitrogens with zero attached hydrogens (tertiary/aromatic N) is 7. The van der Waals surface area contributed by atoms with E-state index in [4.69, 9.17) is 0 Å². The van der Waals surface area contributed by atoms with E-state index in [0.29, 0.717) is 0 Å². The standard InChI is InChI=1S/C19H31N9/c1-14-22-18-15(8-7-13-28(18)26-14)23-19(20-2)21-11-6-10-17-25-24-16-9-4-3-5-12-27(16)17/h15H,3-13H2,1-2H3,(H2,20,21,23). The van der Waals surface area contributed by atoms with Gasteiger partial charge >= 0.3 is 0 Å². The Morgan fingerprint density at radius 2 is 2.11 bits per heavy atom. The molecule has 4 heterocycles. The minimum Gasteiger partial charge on any atom is -0.356 e. The smallest absolute Gasteiger partial charge is 0.191 e. The summed E-state index contributed by atoms with van der Waals surface area (Å²) in [5.41, 5.74) is 0. The van der Waals surface area contributed by atoms with Crippen LogP contribution in [0.1, 0.15) is 67.9 Å². The zero-order valence-corrected chi connectivity index (χ0v) is 17.0. The van der Waals surface area contributed by atoms with E-state index in [0.717, 1.165) is 81.0 Å². The normalized spacial score (nSPS) is 19.6. The van der Waals surface area contributed by atoms with Crippen molar-refractivity contribution in [1.82, 2.24) is 40.2 Å². The summed E-state index contributed by atoms with van der Waals surface area (Å²) >= 11 is 0. The number of aliphatic imine (C=N–C) groups is 1. The molecule has 2 N–H and O–H groups in total. The molecule has 9 heteroatoms. The molecule has 0 spiro atoms. The van der Waals surface area contributed by atoms with Gasteiger partial charge < -0.3 is 15.2 Å². The monoisotopic (exact) mass is 385 g/mol. The number of nitrogens with one attached hydrogen (secondary N) is 2. The highest BCUT2D eigenvalue weighted by Crippen LogP contribution is 2.22. The molecule has 0 bridgehead atoms. The molecule has 152 valence electrons. The summed E-state index contributed by atoms with van der Waals surface area (Å²) in [6.45, 7) is 4.81. The average Bonchev–Trinajstić information content (AvgIpc) is 3.18. The molecule has 1 atom stereocenters. The van der Waals surface area contributed by atoms with Gasteiger partial charge in [0.15, 0.2) is 5.96 Å². The largest absolute Gasteiger partial charge is 0.356 e. The molecule has 0 aromatic carbocycles. The van der Waals surface area contributed by atoms with Crippen LogP contribution < -0.4 is 10.6 Å². The van der Waals surface area contributed by atoms with Crippen LogP contribution in [-0.4, -0.2) is 49.1 Å². The van der Waals surface area contributed by atoms with Gasteiger partial charge in [-0.25, -0.2) is 9.67 Å². The summed E-state index contributed by atoms with van der Waals surface area (Å²) in [6, 6.07) is 0.161. The Morgan fingerprint density at radius 1 is 1.18 bits per heavy atom. The van der Waals surface area contributed by atoms with Gasteiger partial charge in [-0.05, 0) is 39.0 Å². The Hall–Kier alpha value is -2.45. The van der Waals surface area contributed by atoms with Crippen LogP contribution in [0.15, 0.2) is 4.99 Å². The molecular weight excluding hydrogens is 354 g/mol.